The summed E-state index contributed by atoms with van der Waals surface area (Å²) in [5, 5.41) is 0. The minimum Gasteiger partial charge on any atom is -0.381 e. The molecule has 1 aliphatic carbocycles. The Morgan fingerprint density at radius 1 is 1.33 bits per heavy atom. The van der Waals surface area contributed by atoms with E-state index in [1.807, 2.05) is 0 Å². The summed E-state index contributed by atoms with van der Waals surface area (Å²) in [4.78, 5) is 0. The van der Waals surface area contributed by atoms with Gasteiger partial charge in [-0.2, -0.15) is 0 Å². The van der Waals surface area contributed by atoms with Crippen LogP contribution in [-0.4, -0.2) is 19.3 Å². The van der Waals surface area contributed by atoms with E-state index in [-0.39, 0.29) is 0 Å². The summed E-state index contributed by atoms with van der Waals surface area (Å²) in [6, 6.07) is 0.401. The fraction of sp³-hybridized carbons (Fsp3) is 1.00. The second-order valence-corrected chi connectivity index (χ2v) is 4.64. The monoisotopic (exact) mass is 169 g/mol. The van der Waals surface area contributed by atoms with Crippen LogP contribution >= 0.6 is 0 Å². The average Bonchev–Trinajstić information content (AvgIpc) is 2.01. The third-order valence-corrected chi connectivity index (χ3v) is 3.69. The molecule has 1 saturated heterocycles. The molecule has 0 amide bonds. The zero-order valence-corrected chi connectivity index (χ0v) is 7.88. The van der Waals surface area contributed by atoms with E-state index in [0.29, 0.717) is 11.5 Å². The predicted molar refractivity (Wildman–Crippen MR) is 48.9 cm³/mol. The molecule has 0 bridgehead atoms. The molecule has 12 heavy (non-hydrogen) atoms. The maximum absolute atomic E-state index is 5.86. The van der Waals surface area contributed by atoms with E-state index in [4.69, 9.17) is 10.5 Å². The molecule has 1 atom stereocenters. The highest BCUT2D eigenvalue weighted by Crippen LogP contribution is 2.52. The summed E-state index contributed by atoms with van der Waals surface area (Å²) in [6.45, 7) is 4.09. The lowest BCUT2D eigenvalue weighted by molar-refractivity contribution is -0.0635. The van der Waals surface area contributed by atoms with Gasteiger partial charge in [0.25, 0.3) is 0 Å². The van der Waals surface area contributed by atoms with Crippen molar-refractivity contribution in [2.24, 2.45) is 17.1 Å². The number of hydrogen-bond acceptors (Lipinski definition) is 2. The number of ether oxygens (including phenoxy) is 1. The average molecular weight is 169 g/mol. The van der Waals surface area contributed by atoms with Crippen molar-refractivity contribution in [2.75, 3.05) is 13.2 Å². The largest absolute Gasteiger partial charge is 0.381 e. The van der Waals surface area contributed by atoms with Crippen molar-refractivity contribution in [3.05, 3.63) is 0 Å². The molecule has 1 aliphatic heterocycles. The Balaban J connectivity index is 1.84. The highest BCUT2D eigenvalue weighted by atomic mass is 16.5. The molecule has 1 saturated carbocycles. The second kappa shape index (κ2) is 3.00. The molecule has 0 aromatic heterocycles. The molecule has 0 aromatic rings. The summed E-state index contributed by atoms with van der Waals surface area (Å²) in [5.74, 6) is 0.795. The van der Waals surface area contributed by atoms with Gasteiger partial charge in [0.2, 0.25) is 0 Å². The fourth-order valence-electron chi connectivity index (χ4n) is 2.64. The van der Waals surface area contributed by atoms with Crippen LogP contribution in [0.4, 0.5) is 0 Å². The van der Waals surface area contributed by atoms with Crippen molar-refractivity contribution in [1.82, 2.24) is 0 Å². The molecule has 1 spiro atoms. The van der Waals surface area contributed by atoms with E-state index in [0.717, 1.165) is 19.1 Å². The van der Waals surface area contributed by atoms with E-state index in [2.05, 4.69) is 6.92 Å². The topological polar surface area (TPSA) is 35.2 Å². The van der Waals surface area contributed by atoms with Gasteiger partial charge >= 0.3 is 0 Å². The second-order valence-electron chi connectivity index (χ2n) is 4.64. The van der Waals surface area contributed by atoms with Crippen molar-refractivity contribution < 1.29 is 4.74 Å². The van der Waals surface area contributed by atoms with Crippen LogP contribution in [-0.2, 0) is 4.74 Å². The van der Waals surface area contributed by atoms with Crippen molar-refractivity contribution in [2.45, 2.75) is 38.6 Å². The van der Waals surface area contributed by atoms with Gasteiger partial charge < -0.3 is 10.5 Å². The molecule has 1 heterocycles. The maximum Gasteiger partial charge on any atom is 0.0471 e. The Hall–Kier alpha value is -0.0800. The third kappa shape index (κ3) is 1.38. The van der Waals surface area contributed by atoms with Crippen LogP contribution in [0.2, 0.25) is 0 Å². The third-order valence-electron chi connectivity index (χ3n) is 3.69. The van der Waals surface area contributed by atoms with E-state index in [9.17, 15) is 0 Å². The normalized spacial score (nSPS) is 31.5. The molecule has 1 unspecified atom stereocenters. The summed E-state index contributed by atoms with van der Waals surface area (Å²) >= 11 is 0. The summed E-state index contributed by atoms with van der Waals surface area (Å²) < 4.78 is 5.37. The van der Waals surface area contributed by atoms with E-state index in [1.54, 1.807) is 0 Å². The lowest BCUT2D eigenvalue weighted by Gasteiger charge is -2.51. The van der Waals surface area contributed by atoms with Gasteiger partial charge in [-0.05, 0) is 43.9 Å². The van der Waals surface area contributed by atoms with Crippen LogP contribution in [0, 0.1) is 11.3 Å². The van der Waals surface area contributed by atoms with Crippen molar-refractivity contribution in [3.63, 3.8) is 0 Å². The van der Waals surface area contributed by atoms with Crippen LogP contribution in [0.3, 0.4) is 0 Å². The highest BCUT2D eigenvalue weighted by molar-refractivity contribution is 4.97. The van der Waals surface area contributed by atoms with Crippen molar-refractivity contribution in [3.8, 4) is 0 Å². The van der Waals surface area contributed by atoms with Gasteiger partial charge in [-0.1, -0.05) is 0 Å². The van der Waals surface area contributed by atoms with Gasteiger partial charge in [0.1, 0.15) is 0 Å². The SMILES string of the molecule is CC(N)C1CC2(CCOCC2)C1. The Labute approximate surface area is 74.5 Å². The first-order chi connectivity index (χ1) is 5.72. The van der Waals surface area contributed by atoms with Crippen LogP contribution < -0.4 is 5.73 Å². The van der Waals surface area contributed by atoms with Crippen molar-refractivity contribution in [1.29, 1.82) is 0 Å². The van der Waals surface area contributed by atoms with Crippen LogP contribution in [0.1, 0.15) is 32.6 Å². The van der Waals surface area contributed by atoms with Gasteiger partial charge in [0, 0.05) is 19.3 Å². The lowest BCUT2D eigenvalue weighted by atomic mass is 9.57. The molecule has 2 N–H and O–H groups in total. The molecule has 2 fully saturated rings. The molecule has 2 rings (SSSR count). The predicted octanol–water partition coefficient (Wildman–Crippen LogP) is 1.54. The molecular weight excluding hydrogens is 150 g/mol. The molecule has 0 aromatic carbocycles. The number of rotatable bonds is 1. The van der Waals surface area contributed by atoms with Gasteiger partial charge in [0.05, 0.1) is 0 Å². The van der Waals surface area contributed by atoms with Gasteiger partial charge in [-0.25, -0.2) is 0 Å². The lowest BCUT2D eigenvalue weighted by Crippen LogP contribution is -2.47. The molecule has 70 valence electrons. The molecule has 2 nitrogen and oxygen atoms in total. The fourth-order valence-corrected chi connectivity index (χ4v) is 2.64. The molecule has 0 radical (unpaired) electrons. The molecular formula is C10H19NO. The minimum absolute atomic E-state index is 0.401. The van der Waals surface area contributed by atoms with E-state index < -0.39 is 0 Å². The molecule has 2 aliphatic rings. The van der Waals surface area contributed by atoms with E-state index in [1.165, 1.54) is 25.7 Å². The first-order valence-corrected chi connectivity index (χ1v) is 5.05. The quantitative estimate of drug-likeness (QED) is 0.646. The number of nitrogens with two attached hydrogens (primary N) is 1. The Kier molecular flexibility index (Phi) is 2.13. The Bertz CT molecular complexity index is 153. The van der Waals surface area contributed by atoms with Crippen LogP contribution in [0.25, 0.3) is 0 Å². The molecule has 2 heteroatoms. The zero-order chi connectivity index (χ0) is 8.60. The van der Waals surface area contributed by atoms with Gasteiger partial charge in [0.15, 0.2) is 0 Å². The Morgan fingerprint density at radius 2 is 1.92 bits per heavy atom. The van der Waals surface area contributed by atoms with Gasteiger partial charge in [-0.3, -0.25) is 0 Å². The minimum atomic E-state index is 0.401. The van der Waals surface area contributed by atoms with Crippen LogP contribution in [0.15, 0.2) is 0 Å². The first-order valence-electron chi connectivity index (χ1n) is 5.05. The van der Waals surface area contributed by atoms with E-state index >= 15 is 0 Å². The highest BCUT2D eigenvalue weighted by Gasteiger charge is 2.45. The summed E-state index contributed by atoms with van der Waals surface area (Å²) in [7, 11) is 0. The summed E-state index contributed by atoms with van der Waals surface area (Å²) in [6.07, 6.45) is 5.26. The van der Waals surface area contributed by atoms with Gasteiger partial charge in [-0.15, -0.1) is 0 Å². The standard InChI is InChI=1S/C10H19NO/c1-8(11)9-6-10(7-9)2-4-12-5-3-10/h8-9H,2-7,11H2,1H3. The van der Waals surface area contributed by atoms with Crippen molar-refractivity contribution >= 4 is 0 Å². The summed E-state index contributed by atoms with van der Waals surface area (Å²) in [5.41, 5.74) is 6.51. The zero-order valence-electron chi connectivity index (χ0n) is 7.88. The number of hydrogen-bond donors (Lipinski definition) is 1. The maximum atomic E-state index is 5.86. The Morgan fingerprint density at radius 3 is 2.42 bits per heavy atom. The smallest absolute Gasteiger partial charge is 0.0471 e. The van der Waals surface area contributed by atoms with Crippen LogP contribution in [0.5, 0.6) is 0 Å². The first kappa shape index (κ1) is 8.52.